The summed E-state index contributed by atoms with van der Waals surface area (Å²) in [5.41, 5.74) is 2.64. The molecule has 0 aliphatic carbocycles. The van der Waals surface area contributed by atoms with Crippen LogP contribution in [-0.4, -0.2) is 28.2 Å². The van der Waals surface area contributed by atoms with Crippen LogP contribution in [0.5, 0.6) is 0 Å². The molecule has 1 saturated heterocycles. The topological polar surface area (TPSA) is 58.0 Å². The molecule has 2 N–H and O–H groups in total. The van der Waals surface area contributed by atoms with Crippen LogP contribution >= 0.6 is 0 Å². The van der Waals surface area contributed by atoms with Gasteiger partial charge in [0.2, 0.25) is 0 Å². The number of fused-ring (bicyclic) bond motifs is 1. The first kappa shape index (κ1) is 14.3. The van der Waals surface area contributed by atoms with Crippen molar-refractivity contribution in [3.8, 4) is 11.3 Å². The summed E-state index contributed by atoms with van der Waals surface area (Å²) >= 11 is 0. The summed E-state index contributed by atoms with van der Waals surface area (Å²) in [5.74, 6) is 0. The molecule has 0 saturated carbocycles. The monoisotopic (exact) mass is 304 g/mol. The molecule has 2 aromatic heterocycles. The molecule has 0 amide bonds. The molecule has 0 atom stereocenters. The Morgan fingerprint density at radius 1 is 1.09 bits per heavy atom. The van der Waals surface area contributed by atoms with Gasteiger partial charge in [-0.1, -0.05) is 18.2 Å². The lowest BCUT2D eigenvalue weighted by atomic mass is 9.88. The zero-order valence-corrected chi connectivity index (χ0v) is 12.8. The van der Waals surface area contributed by atoms with Crippen molar-refractivity contribution in [3.05, 3.63) is 60.4 Å². The highest BCUT2D eigenvalue weighted by Crippen LogP contribution is 2.30. The number of hydrogen-bond donors (Lipinski definition) is 2. The van der Waals surface area contributed by atoms with Crippen LogP contribution < -0.4 is 5.32 Å². The maximum Gasteiger partial charge on any atom is 0.109 e. The highest BCUT2D eigenvalue weighted by molar-refractivity contribution is 5.80. The van der Waals surface area contributed by atoms with Crippen molar-refractivity contribution in [2.75, 3.05) is 13.1 Å². The minimum Gasteiger partial charge on any atom is -0.383 e. The normalized spacial score (nSPS) is 17.3. The maximum absolute atomic E-state index is 10.7. The standard InChI is InChI=1S/C19H18N3O/c23-19(9-11-20-12-10-19)18-8-6-15(13-21-18)17-7-5-14-3-1-2-4-16(14)22-17/h1-4,6-8,13,20,23H,9-12H2. The van der Waals surface area contributed by atoms with E-state index < -0.39 is 5.60 Å². The molecule has 115 valence electrons. The lowest BCUT2D eigenvalue weighted by Gasteiger charge is -2.32. The van der Waals surface area contributed by atoms with Crippen LogP contribution in [0.1, 0.15) is 18.5 Å². The number of nitrogens with one attached hydrogen (secondary N) is 1. The van der Waals surface area contributed by atoms with Gasteiger partial charge in [0.05, 0.1) is 16.9 Å². The van der Waals surface area contributed by atoms with Crippen LogP contribution in [0.15, 0.2) is 48.7 Å². The first-order valence-electron chi connectivity index (χ1n) is 7.92. The third kappa shape index (κ3) is 2.71. The number of pyridine rings is 2. The van der Waals surface area contributed by atoms with Gasteiger partial charge in [-0.25, -0.2) is 4.98 Å². The Labute approximate surface area is 135 Å². The van der Waals surface area contributed by atoms with Crippen LogP contribution in [0, 0.1) is 6.07 Å². The Bertz CT molecular complexity index is 823. The molecule has 1 aromatic carbocycles. The molecule has 0 spiro atoms. The van der Waals surface area contributed by atoms with Crippen LogP contribution in [0.2, 0.25) is 0 Å². The summed E-state index contributed by atoms with van der Waals surface area (Å²) < 4.78 is 0. The van der Waals surface area contributed by atoms with E-state index in [1.807, 2.05) is 42.5 Å². The summed E-state index contributed by atoms with van der Waals surface area (Å²) in [4.78, 5) is 9.16. The Morgan fingerprint density at radius 3 is 2.70 bits per heavy atom. The molecule has 4 heteroatoms. The largest absolute Gasteiger partial charge is 0.383 e. The zero-order valence-electron chi connectivity index (χ0n) is 12.8. The average molecular weight is 304 g/mol. The number of aromatic nitrogens is 2. The van der Waals surface area contributed by atoms with Crippen molar-refractivity contribution in [3.63, 3.8) is 0 Å². The lowest BCUT2D eigenvalue weighted by Crippen LogP contribution is -2.40. The highest BCUT2D eigenvalue weighted by Gasteiger charge is 2.32. The van der Waals surface area contributed by atoms with Gasteiger partial charge in [-0.05, 0) is 56.3 Å². The number of aliphatic hydroxyl groups is 1. The van der Waals surface area contributed by atoms with E-state index in [0.717, 1.165) is 40.9 Å². The van der Waals surface area contributed by atoms with Crippen molar-refractivity contribution in [2.45, 2.75) is 18.4 Å². The summed E-state index contributed by atoms with van der Waals surface area (Å²) in [6.45, 7) is 1.64. The lowest BCUT2D eigenvalue weighted by molar-refractivity contribution is 0.00190. The molecule has 1 radical (unpaired) electrons. The van der Waals surface area contributed by atoms with E-state index in [0.29, 0.717) is 12.8 Å². The molecular weight excluding hydrogens is 286 g/mol. The van der Waals surface area contributed by atoms with E-state index in [-0.39, 0.29) is 0 Å². The van der Waals surface area contributed by atoms with Gasteiger partial charge in [0.25, 0.3) is 0 Å². The van der Waals surface area contributed by atoms with Gasteiger partial charge in [0.15, 0.2) is 0 Å². The van der Waals surface area contributed by atoms with Gasteiger partial charge in [-0.15, -0.1) is 0 Å². The molecule has 3 heterocycles. The highest BCUT2D eigenvalue weighted by atomic mass is 16.3. The SMILES string of the molecule is OC1(c2ccc(-c3c[c]c4ccccc4n3)cn2)CCNCC1. The number of nitrogens with zero attached hydrogens (tertiary/aromatic N) is 2. The van der Waals surface area contributed by atoms with Crippen molar-refractivity contribution in [1.82, 2.24) is 15.3 Å². The first-order valence-corrected chi connectivity index (χ1v) is 7.92. The van der Waals surface area contributed by atoms with Gasteiger partial charge in [0.1, 0.15) is 5.60 Å². The number of piperidine rings is 1. The van der Waals surface area contributed by atoms with E-state index in [4.69, 9.17) is 0 Å². The fourth-order valence-corrected chi connectivity index (χ4v) is 3.07. The summed E-state index contributed by atoms with van der Waals surface area (Å²) in [6, 6.07) is 17.0. The van der Waals surface area contributed by atoms with Crippen molar-refractivity contribution in [2.24, 2.45) is 0 Å². The Morgan fingerprint density at radius 2 is 1.91 bits per heavy atom. The molecule has 4 rings (SSSR count). The summed E-state index contributed by atoms with van der Waals surface area (Å²) in [6.07, 6.45) is 3.18. The van der Waals surface area contributed by atoms with Crippen molar-refractivity contribution in [1.29, 1.82) is 0 Å². The van der Waals surface area contributed by atoms with Gasteiger partial charge < -0.3 is 10.4 Å². The smallest absolute Gasteiger partial charge is 0.109 e. The zero-order chi connectivity index (χ0) is 15.7. The van der Waals surface area contributed by atoms with Crippen LogP contribution in [0.4, 0.5) is 0 Å². The number of benzene rings is 1. The number of hydrogen-bond acceptors (Lipinski definition) is 4. The second-order valence-corrected chi connectivity index (χ2v) is 6.02. The van der Waals surface area contributed by atoms with E-state index in [1.165, 1.54) is 0 Å². The second kappa shape index (κ2) is 5.72. The molecule has 3 aromatic rings. The average Bonchev–Trinajstić information content (AvgIpc) is 2.62. The Kier molecular flexibility index (Phi) is 3.56. The van der Waals surface area contributed by atoms with E-state index in [1.54, 1.807) is 6.20 Å². The second-order valence-electron chi connectivity index (χ2n) is 6.02. The molecular formula is C19H18N3O. The van der Waals surface area contributed by atoms with E-state index >= 15 is 0 Å². The minimum absolute atomic E-state index is 0.696. The van der Waals surface area contributed by atoms with Gasteiger partial charge in [-0.3, -0.25) is 4.98 Å². The quantitative estimate of drug-likeness (QED) is 0.764. The third-order valence-corrected chi connectivity index (χ3v) is 4.48. The predicted molar refractivity (Wildman–Crippen MR) is 89.8 cm³/mol. The number of para-hydroxylation sites is 1. The maximum atomic E-state index is 10.7. The van der Waals surface area contributed by atoms with Crippen molar-refractivity contribution >= 4 is 10.9 Å². The fourth-order valence-electron chi connectivity index (χ4n) is 3.07. The van der Waals surface area contributed by atoms with Crippen LogP contribution in [0.25, 0.3) is 22.2 Å². The third-order valence-electron chi connectivity index (χ3n) is 4.48. The van der Waals surface area contributed by atoms with Crippen LogP contribution in [0.3, 0.4) is 0 Å². The molecule has 0 bridgehead atoms. The summed E-state index contributed by atoms with van der Waals surface area (Å²) in [7, 11) is 0. The molecule has 23 heavy (non-hydrogen) atoms. The van der Waals surface area contributed by atoms with Gasteiger partial charge in [-0.2, -0.15) is 0 Å². The number of rotatable bonds is 2. The van der Waals surface area contributed by atoms with Crippen LogP contribution in [-0.2, 0) is 5.60 Å². The fraction of sp³-hybridized carbons (Fsp3) is 0.263. The van der Waals surface area contributed by atoms with Gasteiger partial charge >= 0.3 is 0 Å². The molecule has 0 unspecified atom stereocenters. The van der Waals surface area contributed by atoms with E-state index in [9.17, 15) is 5.11 Å². The first-order chi connectivity index (χ1) is 11.2. The Balaban J connectivity index is 1.66. The minimum atomic E-state index is -0.813. The molecule has 1 aliphatic heterocycles. The molecule has 1 fully saturated rings. The predicted octanol–water partition coefficient (Wildman–Crippen LogP) is 2.67. The van der Waals surface area contributed by atoms with Gasteiger partial charge in [0, 0.05) is 17.1 Å². The molecule has 1 aliphatic rings. The van der Waals surface area contributed by atoms with Crippen molar-refractivity contribution < 1.29 is 5.11 Å². The Hall–Kier alpha value is -2.30. The van der Waals surface area contributed by atoms with E-state index in [2.05, 4.69) is 21.4 Å². The summed E-state index contributed by atoms with van der Waals surface area (Å²) in [5, 5.41) is 15.0. The molecule has 4 nitrogen and oxygen atoms in total.